The Hall–Kier alpha value is -3.18. The number of hydrogen-bond acceptors (Lipinski definition) is 7. The molecule has 0 saturated heterocycles. The average molecular weight is 285 g/mol. The third-order valence-corrected chi connectivity index (χ3v) is 2.70. The van der Waals surface area contributed by atoms with E-state index in [1.165, 1.54) is 18.2 Å². The van der Waals surface area contributed by atoms with Crippen molar-refractivity contribution in [3.8, 4) is 11.8 Å². The summed E-state index contributed by atoms with van der Waals surface area (Å²) in [5.74, 6) is 5.82. The molecule has 1 aromatic heterocycles. The Morgan fingerprint density at radius 1 is 1.48 bits per heavy atom. The van der Waals surface area contributed by atoms with Crippen molar-refractivity contribution in [2.45, 2.75) is 6.61 Å². The molecule has 2 rings (SSSR count). The van der Waals surface area contributed by atoms with Crippen molar-refractivity contribution in [1.29, 1.82) is 5.26 Å². The molecule has 0 aliphatic heterocycles. The van der Waals surface area contributed by atoms with Gasteiger partial charge in [-0.1, -0.05) is 6.07 Å². The number of anilines is 1. The predicted octanol–water partition coefficient (Wildman–Crippen LogP) is 1.73. The summed E-state index contributed by atoms with van der Waals surface area (Å²) < 4.78 is 5.44. The van der Waals surface area contributed by atoms with Crippen molar-refractivity contribution >= 4 is 11.5 Å². The highest BCUT2D eigenvalue weighted by molar-refractivity contribution is 5.52. The van der Waals surface area contributed by atoms with Crippen molar-refractivity contribution in [2.75, 3.05) is 5.43 Å². The van der Waals surface area contributed by atoms with Crippen LogP contribution in [0.1, 0.15) is 11.1 Å². The van der Waals surface area contributed by atoms with Gasteiger partial charge >= 0.3 is 5.69 Å². The SMILES string of the molecule is N#Cc1ccc(OCc2cccnc2NN)c([N+](=O)[O-])c1. The molecular weight excluding hydrogens is 274 g/mol. The summed E-state index contributed by atoms with van der Waals surface area (Å²) in [6.45, 7) is 0.0557. The Kier molecular flexibility index (Phi) is 4.28. The highest BCUT2D eigenvalue weighted by Gasteiger charge is 2.16. The second-order valence-electron chi connectivity index (χ2n) is 4.00. The lowest BCUT2D eigenvalue weighted by Gasteiger charge is -2.09. The monoisotopic (exact) mass is 285 g/mol. The summed E-state index contributed by atoms with van der Waals surface area (Å²) >= 11 is 0. The van der Waals surface area contributed by atoms with E-state index in [0.717, 1.165) is 0 Å². The van der Waals surface area contributed by atoms with E-state index < -0.39 is 4.92 Å². The van der Waals surface area contributed by atoms with Gasteiger partial charge in [0.05, 0.1) is 16.6 Å². The molecule has 3 N–H and O–H groups in total. The van der Waals surface area contributed by atoms with Gasteiger partial charge in [0.1, 0.15) is 12.4 Å². The molecule has 0 spiro atoms. The number of pyridine rings is 1. The van der Waals surface area contributed by atoms with E-state index in [-0.39, 0.29) is 23.6 Å². The lowest BCUT2D eigenvalue weighted by Crippen LogP contribution is -2.12. The number of rotatable bonds is 5. The number of aromatic nitrogens is 1. The molecule has 8 heteroatoms. The Bertz CT molecular complexity index is 711. The number of nitrogen functional groups attached to an aromatic ring is 1. The maximum absolute atomic E-state index is 11.0. The molecule has 0 bridgehead atoms. The first kappa shape index (κ1) is 14.2. The fourth-order valence-corrected chi connectivity index (χ4v) is 1.69. The van der Waals surface area contributed by atoms with Gasteiger partial charge in [0, 0.05) is 17.8 Å². The van der Waals surface area contributed by atoms with Crippen LogP contribution in [0.5, 0.6) is 5.75 Å². The number of hydrogen-bond donors (Lipinski definition) is 2. The number of hydrazine groups is 1. The average Bonchev–Trinajstić information content (AvgIpc) is 2.52. The summed E-state index contributed by atoms with van der Waals surface area (Å²) in [4.78, 5) is 14.4. The molecule has 8 nitrogen and oxygen atoms in total. The zero-order chi connectivity index (χ0) is 15.2. The summed E-state index contributed by atoms with van der Waals surface area (Å²) in [7, 11) is 0. The van der Waals surface area contributed by atoms with Crippen molar-refractivity contribution in [3.05, 3.63) is 57.8 Å². The van der Waals surface area contributed by atoms with Crippen LogP contribution in [0.25, 0.3) is 0 Å². The third kappa shape index (κ3) is 3.23. The highest BCUT2D eigenvalue weighted by Crippen LogP contribution is 2.29. The van der Waals surface area contributed by atoms with E-state index in [0.29, 0.717) is 11.4 Å². The van der Waals surface area contributed by atoms with E-state index in [4.69, 9.17) is 15.8 Å². The van der Waals surface area contributed by atoms with E-state index in [1.54, 1.807) is 18.3 Å². The molecule has 21 heavy (non-hydrogen) atoms. The molecule has 0 atom stereocenters. The summed E-state index contributed by atoms with van der Waals surface area (Å²) in [6, 6.07) is 9.29. The van der Waals surface area contributed by atoms with Crippen LogP contribution >= 0.6 is 0 Å². The van der Waals surface area contributed by atoms with Crippen LogP contribution in [0.2, 0.25) is 0 Å². The van der Waals surface area contributed by atoms with Gasteiger partial charge in [-0.3, -0.25) is 10.1 Å². The Morgan fingerprint density at radius 3 is 2.95 bits per heavy atom. The van der Waals surface area contributed by atoms with Gasteiger partial charge in [0.2, 0.25) is 0 Å². The van der Waals surface area contributed by atoms with Crippen LogP contribution in [0.3, 0.4) is 0 Å². The number of nitrogens with one attached hydrogen (secondary N) is 1. The lowest BCUT2D eigenvalue weighted by molar-refractivity contribution is -0.386. The van der Waals surface area contributed by atoms with Gasteiger partial charge < -0.3 is 10.2 Å². The minimum atomic E-state index is -0.596. The summed E-state index contributed by atoms with van der Waals surface area (Å²) in [6.07, 6.45) is 1.56. The molecule has 0 aliphatic carbocycles. The van der Waals surface area contributed by atoms with Crippen LogP contribution in [0.4, 0.5) is 11.5 Å². The number of nitrogens with zero attached hydrogens (tertiary/aromatic N) is 3. The number of nitro benzene ring substituents is 1. The molecule has 0 saturated carbocycles. The molecule has 106 valence electrons. The first-order valence-electron chi connectivity index (χ1n) is 5.87. The Labute approximate surface area is 119 Å². The van der Waals surface area contributed by atoms with E-state index >= 15 is 0 Å². The van der Waals surface area contributed by atoms with Crippen molar-refractivity contribution in [3.63, 3.8) is 0 Å². The second kappa shape index (κ2) is 6.31. The maximum Gasteiger partial charge on any atom is 0.312 e. The van der Waals surface area contributed by atoms with E-state index in [9.17, 15) is 10.1 Å². The molecule has 0 radical (unpaired) electrons. The van der Waals surface area contributed by atoms with Gasteiger partial charge in [-0.05, 0) is 18.2 Å². The van der Waals surface area contributed by atoms with Crippen molar-refractivity contribution < 1.29 is 9.66 Å². The van der Waals surface area contributed by atoms with Crippen LogP contribution in [-0.4, -0.2) is 9.91 Å². The van der Waals surface area contributed by atoms with Crippen LogP contribution < -0.4 is 16.0 Å². The molecular formula is C13H11N5O3. The van der Waals surface area contributed by atoms with Crippen molar-refractivity contribution in [2.24, 2.45) is 5.84 Å². The van der Waals surface area contributed by atoms with Crippen LogP contribution in [0.15, 0.2) is 36.5 Å². The minimum Gasteiger partial charge on any atom is -0.482 e. The van der Waals surface area contributed by atoms with Gasteiger partial charge in [-0.15, -0.1) is 0 Å². The topological polar surface area (TPSA) is 127 Å². The minimum absolute atomic E-state index is 0.0557. The van der Waals surface area contributed by atoms with Gasteiger partial charge in [0.25, 0.3) is 0 Å². The number of nitro groups is 1. The van der Waals surface area contributed by atoms with Crippen LogP contribution in [-0.2, 0) is 6.61 Å². The fourth-order valence-electron chi connectivity index (χ4n) is 1.69. The summed E-state index contributed by atoms with van der Waals surface area (Å²) in [5, 5.41) is 19.8. The first-order valence-corrected chi connectivity index (χ1v) is 5.87. The zero-order valence-corrected chi connectivity index (χ0v) is 10.8. The Balaban J connectivity index is 2.24. The second-order valence-corrected chi connectivity index (χ2v) is 4.00. The molecule has 0 fully saturated rings. The lowest BCUT2D eigenvalue weighted by atomic mass is 10.2. The molecule has 1 aromatic carbocycles. The maximum atomic E-state index is 11.0. The first-order chi connectivity index (χ1) is 10.2. The highest BCUT2D eigenvalue weighted by atomic mass is 16.6. The molecule has 0 amide bonds. The zero-order valence-electron chi connectivity index (χ0n) is 10.8. The largest absolute Gasteiger partial charge is 0.482 e. The number of ether oxygens (including phenoxy) is 1. The van der Waals surface area contributed by atoms with Crippen molar-refractivity contribution in [1.82, 2.24) is 4.98 Å². The third-order valence-electron chi connectivity index (χ3n) is 2.70. The van der Waals surface area contributed by atoms with E-state index in [1.807, 2.05) is 6.07 Å². The van der Waals surface area contributed by atoms with Gasteiger partial charge in [-0.2, -0.15) is 5.26 Å². The quantitative estimate of drug-likeness (QED) is 0.486. The normalized spacial score (nSPS) is 9.71. The summed E-state index contributed by atoms with van der Waals surface area (Å²) in [5.41, 5.74) is 3.00. The number of nitriles is 1. The van der Waals surface area contributed by atoms with E-state index in [2.05, 4.69) is 10.4 Å². The predicted molar refractivity (Wildman–Crippen MR) is 74.2 cm³/mol. The number of benzene rings is 1. The molecule has 0 unspecified atom stereocenters. The smallest absolute Gasteiger partial charge is 0.312 e. The van der Waals surface area contributed by atoms with Crippen LogP contribution in [0, 0.1) is 21.4 Å². The molecule has 1 heterocycles. The number of nitrogens with two attached hydrogens (primary N) is 1. The Morgan fingerprint density at radius 2 is 2.29 bits per heavy atom. The standard InChI is InChI=1S/C13H11N5O3/c14-7-9-3-4-12(11(6-9)18(19)20)21-8-10-2-1-5-16-13(10)17-15/h1-6H,8,15H2,(H,16,17). The van der Waals surface area contributed by atoms with Gasteiger partial charge in [0.15, 0.2) is 5.75 Å². The van der Waals surface area contributed by atoms with Gasteiger partial charge in [-0.25, -0.2) is 10.8 Å². The molecule has 0 aliphatic rings. The fraction of sp³-hybridized carbons (Fsp3) is 0.0769. The molecule has 2 aromatic rings.